The monoisotopic (exact) mass is 181 g/mol. The van der Waals surface area contributed by atoms with Crippen LogP contribution in [0.15, 0.2) is 36.4 Å². The van der Waals surface area contributed by atoms with E-state index in [1.54, 1.807) is 18.2 Å². The lowest BCUT2D eigenvalue weighted by Gasteiger charge is -1.99. The van der Waals surface area contributed by atoms with Gasteiger partial charge in [0.05, 0.1) is 11.6 Å². The molecule has 0 bridgehead atoms. The van der Waals surface area contributed by atoms with E-state index >= 15 is 0 Å². The summed E-state index contributed by atoms with van der Waals surface area (Å²) < 4.78 is 0. The second kappa shape index (κ2) is 3.31. The Balaban J connectivity index is 2.84. The zero-order valence-electron chi connectivity index (χ0n) is 7.40. The maximum Gasteiger partial charge on any atom is 0.150 e. The summed E-state index contributed by atoms with van der Waals surface area (Å²) in [6, 6.07) is 12.9. The largest absolute Gasteiger partial charge is 0.298 e. The van der Waals surface area contributed by atoms with Crippen LogP contribution in [0.2, 0.25) is 0 Å². The first-order valence-corrected chi connectivity index (χ1v) is 4.23. The van der Waals surface area contributed by atoms with Gasteiger partial charge in [0.15, 0.2) is 0 Å². The third kappa shape index (κ3) is 1.25. The zero-order valence-corrected chi connectivity index (χ0v) is 7.40. The number of carbonyl (C=O) groups excluding carboxylic acids is 1. The Labute approximate surface area is 81.4 Å². The molecule has 0 heterocycles. The van der Waals surface area contributed by atoms with Gasteiger partial charge in [0.2, 0.25) is 0 Å². The van der Waals surface area contributed by atoms with Crippen molar-refractivity contribution in [3.63, 3.8) is 0 Å². The highest BCUT2D eigenvalue weighted by Crippen LogP contribution is 2.19. The van der Waals surface area contributed by atoms with Crippen molar-refractivity contribution in [2.24, 2.45) is 0 Å². The number of hydrogen-bond donors (Lipinski definition) is 0. The fourth-order valence-corrected chi connectivity index (χ4v) is 1.46. The van der Waals surface area contributed by atoms with Gasteiger partial charge in [-0.15, -0.1) is 0 Å². The van der Waals surface area contributed by atoms with E-state index in [1.807, 2.05) is 18.2 Å². The summed E-state index contributed by atoms with van der Waals surface area (Å²) in [7, 11) is 0. The molecule has 2 aromatic carbocycles. The topological polar surface area (TPSA) is 40.9 Å². The molecule has 0 spiro atoms. The van der Waals surface area contributed by atoms with Gasteiger partial charge in [0.1, 0.15) is 6.29 Å². The molecular weight excluding hydrogens is 174 g/mol. The number of hydrogen-bond acceptors (Lipinski definition) is 2. The zero-order chi connectivity index (χ0) is 9.97. The summed E-state index contributed by atoms with van der Waals surface area (Å²) in [5.74, 6) is 0. The summed E-state index contributed by atoms with van der Waals surface area (Å²) in [4.78, 5) is 10.6. The van der Waals surface area contributed by atoms with E-state index in [2.05, 4.69) is 6.07 Å². The van der Waals surface area contributed by atoms with E-state index in [9.17, 15) is 4.79 Å². The normalized spacial score (nSPS) is 9.64. The lowest BCUT2D eigenvalue weighted by atomic mass is 10.0. The van der Waals surface area contributed by atoms with Gasteiger partial charge in [-0.05, 0) is 17.5 Å². The Kier molecular flexibility index (Phi) is 2.00. The molecule has 0 radical (unpaired) electrons. The van der Waals surface area contributed by atoms with Gasteiger partial charge in [-0.25, -0.2) is 0 Å². The van der Waals surface area contributed by atoms with Crippen LogP contribution in [0.3, 0.4) is 0 Å². The molecule has 0 aliphatic rings. The van der Waals surface area contributed by atoms with Gasteiger partial charge in [-0.3, -0.25) is 4.79 Å². The first-order valence-electron chi connectivity index (χ1n) is 4.23. The predicted molar refractivity (Wildman–Crippen MR) is 54.1 cm³/mol. The lowest BCUT2D eigenvalue weighted by Crippen LogP contribution is -1.83. The highest BCUT2D eigenvalue weighted by atomic mass is 16.1. The van der Waals surface area contributed by atoms with Crippen molar-refractivity contribution in [3.8, 4) is 6.07 Å². The average Bonchev–Trinajstić information content (AvgIpc) is 2.27. The van der Waals surface area contributed by atoms with Crippen LogP contribution in [0, 0.1) is 11.3 Å². The minimum atomic E-state index is 0.597. The molecule has 66 valence electrons. The quantitative estimate of drug-likeness (QED) is 0.634. The Hall–Kier alpha value is -2.14. The van der Waals surface area contributed by atoms with Crippen LogP contribution in [-0.4, -0.2) is 6.29 Å². The molecule has 2 nitrogen and oxygen atoms in total. The van der Waals surface area contributed by atoms with Crippen molar-refractivity contribution < 1.29 is 4.79 Å². The van der Waals surface area contributed by atoms with E-state index in [1.165, 1.54) is 0 Å². The number of carbonyl (C=O) groups is 1. The molecule has 0 aliphatic carbocycles. The molecule has 0 atom stereocenters. The molecule has 0 aliphatic heterocycles. The summed E-state index contributed by atoms with van der Waals surface area (Å²) in [5.41, 5.74) is 1.20. The molecular formula is C12H7NO. The smallest absolute Gasteiger partial charge is 0.150 e. The number of nitrogens with zero attached hydrogens (tertiary/aromatic N) is 1. The molecule has 2 aromatic rings. The maximum atomic E-state index is 10.6. The van der Waals surface area contributed by atoms with Gasteiger partial charge in [0, 0.05) is 10.9 Å². The van der Waals surface area contributed by atoms with E-state index in [0.29, 0.717) is 11.1 Å². The summed E-state index contributed by atoms with van der Waals surface area (Å²) in [5, 5.41) is 10.7. The SMILES string of the molecule is N#Cc1cccc2ccc(C=O)cc12. The summed E-state index contributed by atoms with van der Waals surface area (Å²) in [6.07, 6.45) is 0.785. The van der Waals surface area contributed by atoms with Crippen LogP contribution in [0.5, 0.6) is 0 Å². The second-order valence-corrected chi connectivity index (χ2v) is 3.02. The fraction of sp³-hybridized carbons (Fsp3) is 0. The fourth-order valence-electron chi connectivity index (χ4n) is 1.46. The van der Waals surface area contributed by atoms with Crippen molar-refractivity contribution in [1.82, 2.24) is 0 Å². The maximum absolute atomic E-state index is 10.6. The number of benzene rings is 2. The van der Waals surface area contributed by atoms with E-state index < -0.39 is 0 Å². The van der Waals surface area contributed by atoms with Gasteiger partial charge in [-0.1, -0.05) is 24.3 Å². The highest BCUT2D eigenvalue weighted by molar-refractivity contribution is 5.92. The molecule has 14 heavy (non-hydrogen) atoms. The Morgan fingerprint density at radius 1 is 1.21 bits per heavy atom. The van der Waals surface area contributed by atoms with E-state index in [0.717, 1.165) is 17.1 Å². The second-order valence-electron chi connectivity index (χ2n) is 3.02. The molecule has 0 saturated heterocycles. The van der Waals surface area contributed by atoms with E-state index in [-0.39, 0.29) is 0 Å². The number of fused-ring (bicyclic) bond motifs is 1. The number of aldehydes is 1. The van der Waals surface area contributed by atoms with Gasteiger partial charge >= 0.3 is 0 Å². The third-order valence-corrected chi connectivity index (χ3v) is 2.16. The van der Waals surface area contributed by atoms with Crippen molar-refractivity contribution in [2.75, 3.05) is 0 Å². The Morgan fingerprint density at radius 3 is 2.79 bits per heavy atom. The van der Waals surface area contributed by atoms with Crippen LogP contribution < -0.4 is 0 Å². The van der Waals surface area contributed by atoms with Gasteiger partial charge < -0.3 is 0 Å². The van der Waals surface area contributed by atoms with Crippen LogP contribution in [-0.2, 0) is 0 Å². The Morgan fingerprint density at radius 2 is 2.07 bits per heavy atom. The summed E-state index contributed by atoms with van der Waals surface area (Å²) in [6.45, 7) is 0. The van der Waals surface area contributed by atoms with Crippen molar-refractivity contribution in [3.05, 3.63) is 47.5 Å². The molecule has 0 amide bonds. The van der Waals surface area contributed by atoms with Crippen LogP contribution in [0.1, 0.15) is 15.9 Å². The predicted octanol–water partition coefficient (Wildman–Crippen LogP) is 2.52. The molecule has 0 aromatic heterocycles. The van der Waals surface area contributed by atoms with Crippen molar-refractivity contribution in [1.29, 1.82) is 5.26 Å². The van der Waals surface area contributed by atoms with Crippen molar-refractivity contribution in [2.45, 2.75) is 0 Å². The standard InChI is InChI=1S/C12H7NO/c13-7-11-3-1-2-10-5-4-9(8-14)6-12(10)11/h1-6,8H. The lowest BCUT2D eigenvalue weighted by molar-refractivity contribution is 0.112. The van der Waals surface area contributed by atoms with Gasteiger partial charge in [0.25, 0.3) is 0 Å². The van der Waals surface area contributed by atoms with Crippen LogP contribution in [0.4, 0.5) is 0 Å². The highest BCUT2D eigenvalue weighted by Gasteiger charge is 2.00. The Bertz CT molecular complexity index is 538. The molecule has 2 rings (SSSR count). The van der Waals surface area contributed by atoms with Crippen molar-refractivity contribution >= 4 is 17.1 Å². The van der Waals surface area contributed by atoms with Gasteiger partial charge in [-0.2, -0.15) is 5.26 Å². The first kappa shape index (κ1) is 8.46. The molecule has 2 heteroatoms. The molecule has 0 N–H and O–H groups in total. The van der Waals surface area contributed by atoms with Crippen LogP contribution >= 0.6 is 0 Å². The minimum Gasteiger partial charge on any atom is -0.298 e. The van der Waals surface area contributed by atoms with Crippen LogP contribution in [0.25, 0.3) is 10.8 Å². The first-order chi connectivity index (χ1) is 6.85. The molecule has 0 unspecified atom stereocenters. The summed E-state index contributed by atoms with van der Waals surface area (Å²) >= 11 is 0. The third-order valence-electron chi connectivity index (χ3n) is 2.16. The number of rotatable bonds is 1. The molecule has 0 saturated carbocycles. The number of nitriles is 1. The molecule has 0 fully saturated rings. The van der Waals surface area contributed by atoms with E-state index in [4.69, 9.17) is 5.26 Å². The average molecular weight is 181 g/mol. The minimum absolute atomic E-state index is 0.597.